The molecule has 0 saturated carbocycles. The van der Waals surface area contributed by atoms with Gasteiger partial charge in [0.15, 0.2) is 0 Å². The quantitative estimate of drug-likeness (QED) is 0.851. The van der Waals surface area contributed by atoms with E-state index in [9.17, 15) is 4.79 Å². The van der Waals surface area contributed by atoms with Crippen LogP contribution in [0.4, 0.5) is 10.5 Å². The van der Waals surface area contributed by atoms with Crippen LogP contribution in [0.25, 0.3) is 0 Å². The maximum absolute atomic E-state index is 12.3. The highest BCUT2D eigenvalue weighted by Gasteiger charge is 2.14. The Labute approximate surface area is 161 Å². The summed E-state index contributed by atoms with van der Waals surface area (Å²) < 4.78 is 5.44. The molecule has 0 unspecified atom stereocenters. The molecule has 144 valence electrons. The Balaban J connectivity index is 1.57. The molecule has 5 heteroatoms. The van der Waals surface area contributed by atoms with E-state index in [-0.39, 0.29) is 6.03 Å². The third-order valence-electron chi connectivity index (χ3n) is 5.05. The van der Waals surface area contributed by atoms with E-state index in [2.05, 4.69) is 60.6 Å². The maximum atomic E-state index is 12.3. The van der Waals surface area contributed by atoms with Crippen molar-refractivity contribution in [2.24, 2.45) is 0 Å². The molecule has 1 aliphatic rings. The topological polar surface area (TPSA) is 53.6 Å². The smallest absolute Gasteiger partial charge is 0.315 e. The van der Waals surface area contributed by atoms with Crippen LogP contribution in [0.15, 0.2) is 36.4 Å². The van der Waals surface area contributed by atoms with E-state index >= 15 is 0 Å². The normalized spacial score (nSPS) is 14.1. The van der Waals surface area contributed by atoms with E-state index < -0.39 is 0 Å². The summed E-state index contributed by atoms with van der Waals surface area (Å²) in [4.78, 5) is 14.6. The molecule has 1 fully saturated rings. The van der Waals surface area contributed by atoms with Gasteiger partial charge in [0.1, 0.15) is 0 Å². The zero-order chi connectivity index (χ0) is 19.2. The van der Waals surface area contributed by atoms with E-state index in [0.29, 0.717) is 13.1 Å². The number of nitrogens with one attached hydrogen (secondary N) is 2. The molecular weight excluding hydrogens is 338 g/mol. The van der Waals surface area contributed by atoms with Gasteiger partial charge in [-0.05, 0) is 49.1 Å². The number of urea groups is 1. The fourth-order valence-electron chi connectivity index (χ4n) is 3.67. The van der Waals surface area contributed by atoms with Gasteiger partial charge in [0.2, 0.25) is 0 Å². The summed E-state index contributed by atoms with van der Waals surface area (Å²) in [6.45, 7) is 10.6. The summed E-state index contributed by atoms with van der Waals surface area (Å²) in [7, 11) is 0. The van der Waals surface area contributed by atoms with Crippen LogP contribution in [0, 0.1) is 20.8 Å². The summed E-state index contributed by atoms with van der Waals surface area (Å²) in [5, 5.41) is 5.98. The standard InChI is InChI=1S/C22H29N3O2/c1-16-12-17(2)20(18(3)13-16)15-24-22(26)23-14-19-6-4-5-7-21(19)25-8-10-27-11-9-25/h4-7,12-13H,8-11,14-15H2,1-3H3,(H2,23,24,26). The van der Waals surface area contributed by atoms with Crippen molar-refractivity contribution in [3.8, 4) is 0 Å². The summed E-state index contributed by atoms with van der Waals surface area (Å²) in [6, 6.07) is 12.4. The lowest BCUT2D eigenvalue weighted by Gasteiger charge is -2.30. The van der Waals surface area contributed by atoms with Gasteiger partial charge in [-0.3, -0.25) is 0 Å². The minimum atomic E-state index is -0.147. The predicted molar refractivity (Wildman–Crippen MR) is 109 cm³/mol. The molecule has 0 aromatic heterocycles. The number of amides is 2. The molecule has 0 bridgehead atoms. The molecule has 2 aromatic carbocycles. The monoisotopic (exact) mass is 367 g/mol. The van der Waals surface area contributed by atoms with E-state index in [0.717, 1.165) is 31.9 Å². The number of rotatable bonds is 5. The SMILES string of the molecule is Cc1cc(C)c(CNC(=O)NCc2ccccc2N2CCOCC2)c(C)c1. The van der Waals surface area contributed by atoms with Crippen LogP contribution in [0.2, 0.25) is 0 Å². The largest absolute Gasteiger partial charge is 0.378 e. The minimum Gasteiger partial charge on any atom is -0.378 e. The Morgan fingerprint density at radius 1 is 1.00 bits per heavy atom. The number of hydrogen-bond acceptors (Lipinski definition) is 3. The van der Waals surface area contributed by atoms with E-state index in [1.165, 1.54) is 27.9 Å². The van der Waals surface area contributed by atoms with E-state index in [4.69, 9.17) is 4.74 Å². The molecule has 3 rings (SSSR count). The molecule has 0 aliphatic carbocycles. The van der Waals surface area contributed by atoms with Crippen LogP contribution in [0.5, 0.6) is 0 Å². The summed E-state index contributed by atoms with van der Waals surface area (Å²) in [6.07, 6.45) is 0. The molecular formula is C22H29N3O2. The number of anilines is 1. The average molecular weight is 367 g/mol. The van der Waals surface area contributed by atoms with Crippen LogP contribution in [0.1, 0.15) is 27.8 Å². The van der Waals surface area contributed by atoms with Crippen LogP contribution >= 0.6 is 0 Å². The first-order chi connectivity index (χ1) is 13.0. The molecule has 1 saturated heterocycles. The predicted octanol–water partition coefficient (Wildman–Crippen LogP) is 3.45. The zero-order valence-corrected chi connectivity index (χ0v) is 16.5. The highest BCUT2D eigenvalue weighted by molar-refractivity contribution is 5.74. The van der Waals surface area contributed by atoms with Crippen LogP contribution in [-0.4, -0.2) is 32.3 Å². The summed E-state index contributed by atoms with van der Waals surface area (Å²) in [5.41, 5.74) is 7.15. The Hall–Kier alpha value is -2.53. The Morgan fingerprint density at radius 3 is 2.33 bits per heavy atom. The van der Waals surface area contributed by atoms with Crippen molar-refractivity contribution in [2.75, 3.05) is 31.2 Å². The second-order valence-corrected chi connectivity index (χ2v) is 7.14. The van der Waals surface area contributed by atoms with Gasteiger partial charge in [-0.2, -0.15) is 0 Å². The van der Waals surface area contributed by atoms with Crippen LogP contribution < -0.4 is 15.5 Å². The first-order valence-corrected chi connectivity index (χ1v) is 9.53. The lowest BCUT2D eigenvalue weighted by Crippen LogP contribution is -2.38. The van der Waals surface area contributed by atoms with Gasteiger partial charge < -0.3 is 20.3 Å². The van der Waals surface area contributed by atoms with Crippen molar-refractivity contribution >= 4 is 11.7 Å². The fourth-order valence-corrected chi connectivity index (χ4v) is 3.67. The molecule has 1 aliphatic heterocycles. The van der Waals surface area contributed by atoms with Crippen LogP contribution in [0.3, 0.4) is 0 Å². The minimum absolute atomic E-state index is 0.147. The number of carbonyl (C=O) groups is 1. The second-order valence-electron chi connectivity index (χ2n) is 7.14. The van der Waals surface area contributed by atoms with Gasteiger partial charge >= 0.3 is 6.03 Å². The number of hydrogen-bond donors (Lipinski definition) is 2. The van der Waals surface area contributed by atoms with Crippen LogP contribution in [-0.2, 0) is 17.8 Å². The van der Waals surface area contributed by atoms with Gasteiger partial charge in [0.05, 0.1) is 13.2 Å². The highest BCUT2D eigenvalue weighted by atomic mass is 16.5. The van der Waals surface area contributed by atoms with Gasteiger partial charge in [-0.25, -0.2) is 4.79 Å². The number of ether oxygens (including phenoxy) is 1. The third kappa shape index (κ3) is 5.01. The van der Waals surface area contributed by atoms with Crippen molar-refractivity contribution in [3.05, 3.63) is 64.2 Å². The summed E-state index contributed by atoms with van der Waals surface area (Å²) >= 11 is 0. The number of morpholine rings is 1. The molecule has 27 heavy (non-hydrogen) atoms. The molecule has 1 heterocycles. The van der Waals surface area contributed by atoms with Crippen molar-refractivity contribution in [3.63, 3.8) is 0 Å². The molecule has 2 amide bonds. The van der Waals surface area contributed by atoms with Gasteiger partial charge in [0.25, 0.3) is 0 Å². The zero-order valence-electron chi connectivity index (χ0n) is 16.5. The van der Waals surface area contributed by atoms with E-state index in [1.54, 1.807) is 0 Å². The molecule has 2 N–H and O–H groups in total. The van der Waals surface area contributed by atoms with Crippen molar-refractivity contribution in [1.82, 2.24) is 10.6 Å². The van der Waals surface area contributed by atoms with Gasteiger partial charge in [0, 0.05) is 31.9 Å². The number of nitrogens with zero attached hydrogens (tertiary/aromatic N) is 1. The first kappa shape index (κ1) is 19.2. The molecule has 5 nitrogen and oxygen atoms in total. The molecule has 2 aromatic rings. The molecule has 0 spiro atoms. The maximum Gasteiger partial charge on any atom is 0.315 e. The third-order valence-corrected chi connectivity index (χ3v) is 5.05. The van der Waals surface area contributed by atoms with Crippen molar-refractivity contribution < 1.29 is 9.53 Å². The van der Waals surface area contributed by atoms with Gasteiger partial charge in [-0.15, -0.1) is 0 Å². The van der Waals surface area contributed by atoms with Crippen molar-refractivity contribution in [2.45, 2.75) is 33.9 Å². The summed E-state index contributed by atoms with van der Waals surface area (Å²) in [5.74, 6) is 0. The number of carbonyl (C=O) groups excluding carboxylic acids is 1. The molecule has 0 atom stereocenters. The second kappa shape index (κ2) is 8.91. The lowest BCUT2D eigenvalue weighted by molar-refractivity contribution is 0.122. The Bertz CT molecular complexity index is 775. The van der Waals surface area contributed by atoms with Gasteiger partial charge in [-0.1, -0.05) is 35.9 Å². The number of benzene rings is 2. The van der Waals surface area contributed by atoms with E-state index in [1.807, 2.05) is 12.1 Å². The Kier molecular flexibility index (Phi) is 6.35. The number of para-hydroxylation sites is 1. The fraction of sp³-hybridized carbons (Fsp3) is 0.409. The number of aryl methyl sites for hydroxylation is 3. The van der Waals surface area contributed by atoms with Crippen molar-refractivity contribution in [1.29, 1.82) is 0 Å². The average Bonchev–Trinajstić information content (AvgIpc) is 2.66. The molecule has 0 radical (unpaired) electrons. The highest BCUT2D eigenvalue weighted by Crippen LogP contribution is 2.21. The lowest BCUT2D eigenvalue weighted by atomic mass is 10.00. The first-order valence-electron chi connectivity index (χ1n) is 9.53. The Morgan fingerprint density at radius 2 is 1.63 bits per heavy atom.